The first-order chi connectivity index (χ1) is 20.5. The molecule has 0 saturated carbocycles. The second kappa shape index (κ2) is 12.0. The van der Waals surface area contributed by atoms with Crippen molar-refractivity contribution in [2.24, 2.45) is 0 Å². The van der Waals surface area contributed by atoms with Crippen molar-refractivity contribution >= 4 is 23.0 Å². The van der Waals surface area contributed by atoms with Crippen LogP contribution in [-0.4, -0.2) is 79.0 Å². The van der Waals surface area contributed by atoms with Crippen LogP contribution in [0.25, 0.3) is 28.4 Å². The number of hydrogen-bond donors (Lipinski definition) is 7. The normalized spacial score (nSPS) is 22.1. The number of aromatic hydroxyl groups is 4. The molecule has 43 heavy (non-hydrogen) atoms. The van der Waals surface area contributed by atoms with E-state index in [1.807, 2.05) is 0 Å². The Balaban J connectivity index is 1.42. The molecule has 0 amide bonds. The van der Waals surface area contributed by atoms with E-state index in [-0.39, 0.29) is 33.8 Å². The zero-order valence-electron chi connectivity index (χ0n) is 22.1. The van der Waals surface area contributed by atoms with Gasteiger partial charge in [-0.2, -0.15) is 0 Å². The van der Waals surface area contributed by atoms with Crippen LogP contribution in [-0.2, 0) is 14.3 Å². The summed E-state index contributed by atoms with van der Waals surface area (Å²) >= 11 is 0. The van der Waals surface area contributed by atoms with Crippen molar-refractivity contribution in [3.63, 3.8) is 0 Å². The Morgan fingerprint density at radius 1 is 0.837 bits per heavy atom. The van der Waals surface area contributed by atoms with E-state index in [2.05, 4.69) is 0 Å². The molecule has 0 spiro atoms. The van der Waals surface area contributed by atoms with E-state index in [1.54, 1.807) is 12.1 Å². The molecule has 1 aliphatic heterocycles. The number of esters is 1. The Morgan fingerprint density at radius 2 is 1.49 bits per heavy atom. The summed E-state index contributed by atoms with van der Waals surface area (Å²) in [7, 11) is 0. The molecule has 2 heterocycles. The monoisotopic (exact) mass is 594 g/mol. The van der Waals surface area contributed by atoms with Crippen molar-refractivity contribution in [2.45, 2.75) is 30.7 Å². The van der Waals surface area contributed by atoms with E-state index in [4.69, 9.17) is 18.6 Å². The highest BCUT2D eigenvalue weighted by Gasteiger charge is 2.46. The lowest BCUT2D eigenvalue weighted by molar-refractivity contribution is -0.278. The van der Waals surface area contributed by atoms with Gasteiger partial charge in [0.1, 0.15) is 65.0 Å². The number of fused-ring (bicyclic) bond motifs is 1. The predicted octanol–water partition coefficient (Wildman–Crippen LogP) is 1.73. The van der Waals surface area contributed by atoms with Crippen molar-refractivity contribution in [1.29, 1.82) is 0 Å². The molecule has 1 aliphatic rings. The summed E-state index contributed by atoms with van der Waals surface area (Å²) in [6.45, 7) is -0.583. The van der Waals surface area contributed by atoms with Crippen LogP contribution in [0, 0.1) is 0 Å². The maximum atomic E-state index is 13.5. The van der Waals surface area contributed by atoms with Gasteiger partial charge in [-0.1, -0.05) is 12.1 Å². The molecule has 13 heteroatoms. The van der Waals surface area contributed by atoms with Gasteiger partial charge < -0.3 is 54.4 Å². The third kappa shape index (κ3) is 6.24. The zero-order valence-corrected chi connectivity index (χ0v) is 22.1. The van der Waals surface area contributed by atoms with Crippen molar-refractivity contribution in [3.05, 3.63) is 82.5 Å². The van der Waals surface area contributed by atoms with E-state index in [1.165, 1.54) is 42.5 Å². The largest absolute Gasteiger partial charge is 0.508 e. The molecule has 3 aromatic carbocycles. The molecular formula is C30H26O13. The molecule has 5 rings (SSSR count). The van der Waals surface area contributed by atoms with Gasteiger partial charge in [0.2, 0.25) is 17.5 Å². The highest BCUT2D eigenvalue weighted by Crippen LogP contribution is 2.37. The maximum Gasteiger partial charge on any atom is 0.330 e. The van der Waals surface area contributed by atoms with Crippen molar-refractivity contribution in [3.8, 4) is 40.1 Å². The van der Waals surface area contributed by atoms with Crippen LogP contribution >= 0.6 is 0 Å². The third-order valence-corrected chi connectivity index (χ3v) is 6.64. The number of carbonyl (C=O) groups is 1. The van der Waals surface area contributed by atoms with Crippen molar-refractivity contribution in [1.82, 2.24) is 0 Å². The maximum absolute atomic E-state index is 13.5. The number of aliphatic hydroxyl groups is 3. The van der Waals surface area contributed by atoms with Gasteiger partial charge in [-0.25, -0.2) is 4.79 Å². The number of rotatable bonds is 7. The number of benzene rings is 3. The summed E-state index contributed by atoms with van der Waals surface area (Å²) in [6, 6.07) is 13.4. The van der Waals surface area contributed by atoms with Crippen LogP contribution in [0.2, 0.25) is 0 Å². The molecule has 5 atom stereocenters. The number of aliphatic hydroxyl groups excluding tert-OH is 3. The number of hydrogen-bond acceptors (Lipinski definition) is 13. The number of phenols is 4. The van der Waals surface area contributed by atoms with Crippen LogP contribution in [0.3, 0.4) is 0 Å². The zero-order chi connectivity index (χ0) is 30.8. The van der Waals surface area contributed by atoms with Gasteiger partial charge in [-0.3, -0.25) is 4.79 Å². The summed E-state index contributed by atoms with van der Waals surface area (Å²) in [5, 5.41) is 70.6. The van der Waals surface area contributed by atoms with Gasteiger partial charge >= 0.3 is 5.97 Å². The molecule has 1 fully saturated rings. The van der Waals surface area contributed by atoms with Gasteiger partial charge in [0.15, 0.2) is 5.76 Å². The molecule has 13 nitrogen and oxygen atoms in total. The highest BCUT2D eigenvalue weighted by molar-refractivity contribution is 5.88. The first-order valence-electron chi connectivity index (χ1n) is 12.8. The van der Waals surface area contributed by atoms with Gasteiger partial charge in [0.25, 0.3) is 0 Å². The first kappa shape index (κ1) is 29.4. The van der Waals surface area contributed by atoms with Crippen molar-refractivity contribution in [2.75, 3.05) is 6.61 Å². The Hall–Kier alpha value is -5.08. The van der Waals surface area contributed by atoms with Crippen LogP contribution < -0.4 is 10.2 Å². The van der Waals surface area contributed by atoms with Gasteiger partial charge in [0, 0.05) is 23.8 Å². The average Bonchev–Trinajstić information content (AvgIpc) is 2.97. The SMILES string of the molecule is O=C(/C=C\c1ccc(O)cc1)OC[C@H]1O[C@@H](Oc2c(-c3ccc(O)cc3)oc3cc(O)cc(O)c3c2=O)[C@H](O)[C@@H](O)[C@@H]1O. The fraction of sp³-hybridized carbons (Fsp3) is 0.200. The lowest BCUT2D eigenvalue weighted by atomic mass is 9.99. The quantitative estimate of drug-likeness (QED) is 0.120. The first-order valence-corrected chi connectivity index (χ1v) is 12.8. The third-order valence-electron chi connectivity index (χ3n) is 6.64. The minimum Gasteiger partial charge on any atom is -0.508 e. The van der Waals surface area contributed by atoms with Gasteiger partial charge in [-0.05, 0) is 48.0 Å². The highest BCUT2D eigenvalue weighted by atomic mass is 16.7. The lowest BCUT2D eigenvalue weighted by Crippen LogP contribution is -2.60. The summed E-state index contributed by atoms with van der Waals surface area (Å²) in [5.74, 6) is -2.70. The summed E-state index contributed by atoms with van der Waals surface area (Å²) in [6.07, 6.45) is -6.17. The topological polar surface area (TPSA) is 217 Å². The standard InChI is InChI=1S/C30H26O13/c31-16-6-1-14(2-7-16)3-10-22(35)40-13-21-24(36)26(38)27(39)30(42-21)43-29-25(37)23-19(34)11-18(33)12-20(23)41-28(29)15-4-8-17(32)9-5-15/h1-12,21,24,26-27,30-34,36,38-39H,13H2/b10-3-/t21-,24-,26+,27-,30+/m1/s1. The van der Waals surface area contributed by atoms with E-state index in [0.717, 1.165) is 18.2 Å². The number of phenolic OH excluding ortho intramolecular Hbond substituents is 4. The molecule has 0 aliphatic carbocycles. The second-order valence-corrected chi connectivity index (χ2v) is 9.66. The van der Waals surface area contributed by atoms with E-state index >= 15 is 0 Å². The summed E-state index contributed by atoms with van der Waals surface area (Å²) in [5.41, 5.74) is -0.328. The average molecular weight is 595 g/mol. The smallest absolute Gasteiger partial charge is 0.330 e. The number of carbonyl (C=O) groups excluding carboxylic acids is 1. The molecule has 4 aromatic rings. The summed E-state index contributed by atoms with van der Waals surface area (Å²) < 4.78 is 22.2. The Morgan fingerprint density at radius 3 is 2.16 bits per heavy atom. The molecule has 0 unspecified atom stereocenters. The Labute approximate surface area is 242 Å². The van der Waals surface area contributed by atoms with Gasteiger partial charge in [0.05, 0.1) is 0 Å². The summed E-state index contributed by atoms with van der Waals surface area (Å²) in [4.78, 5) is 25.8. The van der Waals surface area contributed by atoms with Crippen LogP contribution in [0.15, 0.2) is 76.0 Å². The van der Waals surface area contributed by atoms with E-state index in [0.29, 0.717) is 5.56 Å². The van der Waals surface area contributed by atoms with Gasteiger partial charge in [-0.15, -0.1) is 0 Å². The number of ether oxygens (including phenoxy) is 3. The molecule has 7 N–H and O–H groups in total. The van der Waals surface area contributed by atoms with E-state index in [9.17, 15) is 45.3 Å². The van der Waals surface area contributed by atoms with Crippen molar-refractivity contribution < 1.29 is 59.2 Å². The van der Waals surface area contributed by atoms with Crippen LogP contribution in [0.1, 0.15) is 5.56 Å². The minimum absolute atomic E-state index is 0.0495. The predicted molar refractivity (Wildman–Crippen MR) is 148 cm³/mol. The fourth-order valence-electron chi connectivity index (χ4n) is 4.41. The second-order valence-electron chi connectivity index (χ2n) is 9.66. The Kier molecular flexibility index (Phi) is 8.23. The Bertz CT molecular complexity index is 1710. The fourth-order valence-corrected chi connectivity index (χ4v) is 4.41. The van der Waals surface area contributed by atoms with Crippen LogP contribution in [0.5, 0.6) is 28.7 Å². The molecule has 1 aromatic heterocycles. The molecule has 224 valence electrons. The van der Waals surface area contributed by atoms with E-state index < -0.39 is 66.0 Å². The minimum atomic E-state index is -1.90. The molecule has 1 saturated heterocycles. The molecule has 0 radical (unpaired) electrons. The molecular weight excluding hydrogens is 568 g/mol. The molecule has 0 bridgehead atoms. The van der Waals surface area contributed by atoms with Crippen LogP contribution in [0.4, 0.5) is 0 Å². The lowest BCUT2D eigenvalue weighted by Gasteiger charge is -2.39.